The van der Waals surface area contributed by atoms with Crippen molar-refractivity contribution in [3.63, 3.8) is 0 Å². The van der Waals surface area contributed by atoms with E-state index in [1.807, 2.05) is 36.5 Å². The number of fused-ring (bicyclic) bond motifs is 16. The molecule has 0 bridgehead atoms. The second-order valence-corrected chi connectivity index (χ2v) is 22.7. The molecule has 0 saturated heterocycles. The number of nitrogens with zero attached hydrogens (tertiary/aromatic N) is 5. The van der Waals surface area contributed by atoms with E-state index >= 15 is 0 Å². The zero-order valence-electron chi connectivity index (χ0n) is 46.0. The molecule has 0 fully saturated rings. The summed E-state index contributed by atoms with van der Waals surface area (Å²) in [5, 5.41) is 6.77. The van der Waals surface area contributed by atoms with Crippen LogP contribution >= 0.6 is 0 Å². The summed E-state index contributed by atoms with van der Waals surface area (Å²) < 4.78 is 22.3. The molecule has 0 amide bonds. The largest absolute Gasteiger partial charge is 0.510 e. The molecular weight excluding hydrogens is 1210 g/mol. The van der Waals surface area contributed by atoms with E-state index in [1.54, 1.807) is 0 Å². The SMILES string of the molecule is CC(C)(C)c1ccnc(-n2c3[c-]c(Oc4[c-]c(-n5[c-][n+]6c7c(cccc75)-c5ccccc5-c5ccc(-c7ccc8oc9ccccc9c8c7)cc5-c5cccc(-n7c8ccccc8c8ccccc87)c5-6)ccc4)ccc3c3ccccc32)c1.[Pt]. The van der Waals surface area contributed by atoms with Gasteiger partial charge in [-0.15, -0.1) is 29.7 Å². The van der Waals surface area contributed by atoms with Gasteiger partial charge in [0.15, 0.2) is 0 Å². The van der Waals surface area contributed by atoms with Gasteiger partial charge < -0.3 is 22.9 Å². The van der Waals surface area contributed by atoms with Crippen molar-refractivity contribution in [1.29, 1.82) is 0 Å². The van der Waals surface area contributed by atoms with Crippen LogP contribution in [0.25, 0.3) is 144 Å². The minimum absolute atomic E-state index is 0. The van der Waals surface area contributed by atoms with E-state index in [2.05, 4.69) is 264 Å². The number of benzene rings is 11. The molecule has 0 spiro atoms. The van der Waals surface area contributed by atoms with Crippen molar-refractivity contribution in [3.05, 3.63) is 267 Å². The molecule has 84 heavy (non-hydrogen) atoms. The second kappa shape index (κ2) is 19.0. The molecule has 1 aliphatic rings. The van der Waals surface area contributed by atoms with E-state index in [4.69, 9.17) is 14.1 Å². The first-order valence-corrected chi connectivity index (χ1v) is 28.2. The van der Waals surface area contributed by atoms with Gasteiger partial charge in [0, 0.05) is 65.8 Å². The Morgan fingerprint density at radius 2 is 1.05 bits per heavy atom. The van der Waals surface area contributed by atoms with Crippen molar-refractivity contribution in [1.82, 2.24) is 18.7 Å². The number of hydrogen-bond donors (Lipinski definition) is 0. The molecule has 7 nitrogen and oxygen atoms in total. The van der Waals surface area contributed by atoms with Crippen molar-refractivity contribution >= 4 is 76.6 Å². The van der Waals surface area contributed by atoms with Crippen molar-refractivity contribution in [2.75, 3.05) is 0 Å². The zero-order chi connectivity index (χ0) is 55.1. The third-order valence-electron chi connectivity index (χ3n) is 16.9. The maximum absolute atomic E-state index is 6.84. The molecule has 16 aromatic rings. The molecule has 402 valence electrons. The van der Waals surface area contributed by atoms with E-state index in [-0.39, 0.29) is 26.5 Å². The van der Waals surface area contributed by atoms with Crippen LogP contribution in [0.2, 0.25) is 0 Å². The van der Waals surface area contributed by atoms with Crippen LogP contribution in [-0.2, 0) is 26.5 Å². The summed E-state index contributed by atoms with van der Waals surface area (Å²) in [4.78, 5) is 4.92. The molecule has 0 unspecified atom stereocenters. The fraction of sp³-hybridized carbons (Fsp3) is 0.0526. The van der Waals surface area contributed by atoms with Gasteiger partial charge in [0.2, 0.25) is 0 Å². The fourth-order valence-electron chi connectivity index (χ4n) is 13.0. The number of ether oxygens (including phenoxy) is 1. The van der Waals surface area contributed by atoms with Gasteiger partial charge in [-0.05, 0) is 127 Å². The van der Waals surface area contributed by atoms with Crippen LogP contribution in [0.15, 0.2) is 247 Å². The number of aromatic nitrogens is 5. The first kappa shape index (κ1) is 49.7. The van der Waals surface area contributed by atoms with Crippen LogP contribution in [0, 0.1) is 18.5 Å². The molecule has 0 atom stereocenters. The number of imidazole rings is 1. The average molecular weight is 1260 g/mol. The van der Waals surface area contributed by atoms with Crippen LogP contribution < -0.4 is 9.30 Å². The Morgan fingerprint density at radius 1 is 0.452 bits per heavy atom. The van der Waals surface area contributed by atoms with E-state index in [0.717, 1.165) is 133 Å². The number of furan rings is 1. The monoisotopic (exact) mass is 1260 g/mol. The van der Waals surface area contributed by atoms with Gasteiger partial charge in [-0.2, -0.15) is 18.2 Å². The molecule has 8 heteroatoms. The molecule has 1 aliphatic heterocycles. The third-order valence-corrected chi connectivity index (χ3v) is 16.9. The fourth-order valence-corrected chi connectivity index (χ4v) is 13.0. The predicted octanol–water partition coefficient (Wildman–Crippen LogP) is 18.9. The summed E-state index contributed by atoms with van der Waals surface area (Å²) in [6.45, 7) is 6.69. The molecule has 5 aromatic heterocycles. The van der Waals surface area contributed by atoms with Gasteiger partial charge in [-0.3, -0.25) is 4.57 Å². The number of pyridine rings is 1. The normalized spacial score (nSPS) is 12.1. The summed E-state index contributed by atoms with van der Waals surface area (Å²) in [7, 11) is 0. The molecule has 0 saturated carbocycles. The Labute approximate surface area is 498 Å². The second-order valence-electron chi connectivity index (χ2n) is 22.7. The number of rotatable bonds is 6. The summed E-state index contributed by atoms with van der Waals surface area (Å²) >= 11 is 0. The van der Waals surface area contributed by atoms with Crippen molar-refractivity contribution in [2.24, 2.45) is 0 Å². The third kappa shape index (κ3) is 7.62. The molecule has 0 N–H and O–H groups in total. The topological polar surface area (TPSA) is 53.9 Å². The minimum Gasteiger partial charge on any atom is -0.510 e. The van der Waals surface area contributed by atoms with Crippen LogP contribution in [0.4, 0.5) is 0 Å². The zero-order valence-corrected chi connectivity index (χ0v) is 48.2. The van der Waals surface area contributed by atoms with E-state index in [9.17, 15) is 0 Å². The summed E-state index contributed by atoms with van der Waals surface area (Å²) in [6, 6.07) is 91.9. The van der Waals surface area contributed by atoms with Crippen LogP contribution in [0.1, 0.15) is 26.3 Å². The van der Waals surface area contributed by atoms with E-state index < -0.39 is 0 Å². The molecule has 0 radical (unpaired) electrons. The van der Waals surface area contributed by atoms with Gasteiger partial charge in [0.25, 0.3) is 6.33 Å². The molecule has 0 aliphatic carbocycles. The van der Waals surface area contributed by atoms with Crippen molar-refractivity contribution in [2.45, 2.75) is 26.2 Å². The molecule has 6 heterocycles. The van der Waals surface area contributed by atoms with Gasteiger partial charge in [-0.1, -0.05) is 172 Å². The molecule has 17 rings (SSSR count). The summed E-state index contributed by atoms with van der Waals surface area (Å²) in [5.74, 6) is 1.95. The quantitative estimate of drug-likeness (QED) is 0.123. The molecular formula is C76H49N5O2Pt-2. The van der Waals surface area contributed by atoms with Gasteiger partial charge >= 0.3 is 0 Å². The Kier molecular flexibility index (Phi) is 11.2. The Hall–Kier alpha value is -10.1. The smallest absolute Gasteiger partial charge is 0.268 e. The van der Waals surface area contributed by atoms with Crippen LogP contribution in [-0.4, -0.2) is 18.7 Å². The van der Waals surface area contributed by atoms with E-state index in [1.165, 1.54) is 16.3 Å². The number of para-hydroxylation sites is 6. The number of hydrogen-bond acceptors (Lipinski definition) is 3. The van der Waals surface area contributed by atoms with Crippen molar-refractivity contribution < 1.29 is 34.8 Å². The first-order valence-electron chi connectivity index (χ1n) is 28.2. The van der Waals surface area contributed by atoms with Crippen LogP contribution in [0.3, 0.4) is 0 Å². The first-order chi connectivity index (χ1) is 40.8. The van der Waals surface area contributed by atoms with Gasteiger partial charge in [0.05, 0.1) is 33.4 Å². The Bertz CT molecular complexity index is 5330. The van der Waals surface area contributed by atoms with Crippen molar-refractivity contribution in [3.8, 4) is 78.9 Å². The van der Waals surface area contributed by atoms with Gasteiger partial charge in [-0.25, -0.2) is 4.98 Å². The Balaban J connectivity index is 0.00000577. The predicted molar refractivity (Wildman–Crippen MR) is 336 cm³/mol. The average Bonchev–Trinajstić information content (AvgIpc) is 4.28. The maximum atomic E-state index is 6.84. The minimum atomic E-state index is -0.0552. The summed E-state index contributed by atoms with van der Waals surface area (Å²) in [5.41, 5.74) is 20.7. The Morgan fingerprint density at radius 3 is 1.83 bits per heavy atom. The maximum Gasteiger partial charge on any atom is 0.268 e. The molecule has 11 aromatic carbocycles. The standard InChI is InChI=1S/C76H49N5O2.Pt/c1-76(2,3)49-39-40-77-73(43-49)81-67-29-12-8-23-58(67)59-37-35-52(45-70(59)81)82-51-18-14-17-50(44-51)78-46-79-74-61(25-15-30-68(74)78)54-20-5-4-19-53(54)55-36-33-47(48-34-38-72-64(42-48)60-24-9-13-32-71(60)83-72)41-63(55)62-26-16-31-69(75(62)79)80-65-27-10-6-21-56(65)57-22-7-11-28-66(57)80;/h4-43H,1-3H3;/q-2;. The van der Waals surface area contributed by atoms with Crippen LogP contribution in [0.5, 0.6) is 11.5 Å². The van der Waals surface area contributed by atoms with E-state index in [0.29, 0.717) is 11.5 Å². The van der Waals surface area contributed by atoms with Gasteiger partial charge in [0.1, 0.15) is 17.0 Å². The summed E-state index contributed by atoms with van der Waals surface area (Å²) in [6.07, 6.45) is 5.92.